The predicted octanol–water partition coefficient (Wildman–Crippen LogP) is 2.54. The second kappa shape index (κ2) is 2.48. The summed E-state index contributed by atoms with van der Waals surface area (Å²) in [4.78, 5) is 0. The molecule has 1 saturated carbocycles. The number of hydrogen-bond acceptors (Lipinski definition) is 1. The fraction of sp³-hybridized carbons (Fsp3) is 0.400. The van der Waals surface area contributed by atoms with E-state index in [1.54, 1.807) is 0 Å². The highest BCUT2D eigenvalue weighted by molar-refractivity contribution is 6.30. The van der Waals surface area contributed by atoms with Crippen LogP contribution in [-0.4, -0.2) is 5.54 Å². The summed E-state index contributed by atoms with van der Waals surface area (Å²) in [6, 6.07) is 7.96. The molecule has 2 N–H and O–H groups in total. The van der Waals surface area contributed by atoms with Gasteiger partial charge in [-0.05, 0) is 31.0 Å². The molecular weight excluding hydrogens is 170 g/mol. The molecule has 2 unspecified atom stereocenters. The summed E-state index contributed by atoms with van der Waals surface area (Å²) < 4.78 is 0. The highest BCUT2D eigenvalue weighted by atomic mass is 35.5. The molecule has 0 amide bonds. The van der Waals surface area contributed by atoms with Crippen LogP contribution in [0.15, 0.2) is 24.3 Å². The Morgan fingerprint density at radius 3 is 2.75 bits per heavy atom. The standard InChI is InChI=1S/C10H12ClN/c1-10(12)6-9(10)7-3-2-4-8(11)5-7/h2-5,9H,6,12H2,1H3. The second-order valence-electron chi connectivity index (χ2n) is 3.82. The van der Waals surface area contributed by atoms with Gasteiger partial charge in [0.25, 0.3) is 0 Å². The van der Waals surface area contributed by atoms with Crippen LogP contribution in [0.3, 0.4) is 0 Å². The maximum Gasteiger partial charge on any atom is 0.0408 e. The lowest BCUT2D eigenvalue weighted by atomic mass is 10.1. The van der Waals surface area contributed by atoms with Crippen LogP contribution in [0.1, 0.15) is 24.8 Å². The number of hydrogen-bond donors (Lipinski definition) is 1. The van der Waals surface area contributed by atoms with Crippen LogP contribution in [0.2, 0.25) is 5.02 Å². The van der Waals surface area contributed by atoms with Gasteiger partial charge >= 0.3 is 0 Å². The molecule has 0 radical (unpaired) electrons. The largest absolute Gasteiger partial charge is 0.325 e. The Kier molecular flexibility index (Phi) is 1.67. The second-order valence-corrected chi connectivity index (χ2v) is 4.25. The molecule has 0 aromatic heterocycles. The molecule has 12 heavy (non-hydrogen) atoms. The summed E-state index contributed by atoms with van der Waals surface area (Å²) in [5.41, 5.74) is 7.22. The predicted molar refractivity (Wildman–Crippen MR) is 51.4 cm³/mol. The van der Waals surface area contributed by atoms with E-state index in [1.807, 2.05) is 18.2 Å². The van der Waals surface area contributed by atoms with Gasteiger partial charge < -0.3 is 5.73 Å². The first-order chi connectivity index (χ1) is 5.59. The molecule has 0 saturated heterocycles. The van der Waals surface area contributed by atoms with Gasteiger partial charge in [0, 0.05) is 16.5 Å². The maximum atomic E-state index is 5.95. The third-order valence-electron chi connectivity index (χ3n) is 2.53. The van der Waals surface area contributed by atoms with Gasteiger partial charge in [-0.1, -0.05) is 23.7 Å². The summed E-state index contributed by atoms with van der Waals surface area (Å²) in [6.07, 6.45) is 1.08. The minimum atomic E-state index is 0.00465. The maximum absolute atomic E-state index is 5.95. The average molecular weight is 182 g/mol. The van der Waals surface area contributed by atoms with Gasteiger partial charge in [-0.25, -0.2) is 0 Å². The smallest absolute Gasteiger partial charge is 0.0408 e. The number of rotatable bonds is 1. The van der Waals surface area contributed by atoms with Gasteiger partial charge in [0.1, 0.15) is 0 Å². The SMILES string of the molecule is CC1(N)CC1c1cccc(Cl)c1. The molecule has 64 valence electrons. The molecule has 0 spiro atoms. The molecule has 2 heteroatoms. The van der Waals surface area contributed by atoms with Crippen molar-refractivity contribution in [1.82, 2.24) is 0 Å². The molecule has 2 atom stereocenters. The van der Waals surface area contributed by atoms with Gasteiger partial charge in [0.05, 0.1) is 0 Å². The number of nitrogens with two attached hydrogens (primary N) is 1. The monoisotopic (exact) mass is 181 g/mol. The first-order valence-electron chi connectivity index (χ1n) is 4.14. The van der Waals surface area contributed by atoms with E-state index in [0.717, 1.165) is 11.4 Å². The fourth-order valence-electron chi connectivity index (χ4n) is 1.60. The molecule has 1 aliphatic carbocycles. The molecule has 2 rings (SSSR count). The first-order valence-corrected chi connectivity index (χ1v) is 4.52. The zero-order valence-electron chi connectivity index (χ0n) is 7.05. The van der Waals surface area contributed by atoms with Crippen molar-refractivity contribution >= 4 is 11.6 Å². The summed E-state index contributed by atoms with van der Waals surface area (Å²) in [5.74, 6) is 0.510. The fourth-order valence-corrected chi connectivity index (χ4v) is 1.80. The minimum absolute atomic E-state index is 0.00465. The van der Waals surface area contributed by atoms with E-state index in [9.17, 15) is 0 Å². The Morgan fingerprint density at radius 2 is 2.25 bits per heavy atom. The zero-order valence-corrected chi connectivity index (χ0v) is 7.81. The molecule has 1 aromatic carbocycles. The Morgan fingerprint density at radius 1 is 1.58 bits per heavy atom. The van der Waals surface area contributed by atoms with Crippen LogP contribution >= 0.6 is 11.6 Å². The average Bonchev–Trinajstić information content (AvgIpc) is 2.60. The van der Waals surface area contributed by atoms with Crippen molar-refractivity contribution in [2.24, 2.45) is 5.73 Å². The van der Waals surface area contributed by atoms with Crippen molar-refractivity contribution in [3.05, 3.63) is 34.9 Å². The van der Waals surface area contributed by atoms with Gasteiger partial charge in [-0.3, -0.25) is 0 Å². The van der Waals surface area contributed by atoms with Gasteiger partial charge in [0.2, 0.25) is 0 Å². The topological polar surface area (TPSA) is 26.0 Å². The van der Waals surface area contributed by atoms with Crippen LogP contribution < -0.4 is 5.73 Å². The quantitative estimate of drug-likeness (QED) is 0.708. The number of halogens is 1. The van der Waals surface area contributed by atoms with Gasteiger partial charge in [-0.15, -0.1) is 0 Å². The highest BCUT2D eigenvalue weighted by Crippen LogP contribution is 2.49. The zero-order chi connectivity index (χ0) is 8.77. The van der Waals surface area contributed by atoms with Crippen LogP contribution in [0.5, 0.6) is 0 Å². The van der Waals surface area contributed by atoms with Crippen molar-refractivity contribution in [3.8, 4) is 0 Å². The van der Waals surface area contributed by atoms with E-state index >= 15 is 0 Å². The minimum Gasteiger partial charge on any atom is -0.325 e. The van der Waals surface area contributed by atoms with E-state index in [0.29, 0.717) is 5.92 Å². The van der Waals surface area contributed by atoms with E-state index in [1.165, 1.54) is 5.56 Å². The molecule has 1 aromatic rings. The Balaban J connectivity index is 2.26. The van der Waals surface area contributed by atoms with E-state index in [4.69, 9.17) is 17.3 Å². The Hall–Kier alpha value is -0.530. The Labute approximate surface area is 77.5 Å². The van der Waals surface area contributed by atoms with Crippen molar-refractivity contribution in [2.45, 2.75) is 24.8 Å². The van der Waals surface area contributed by atoms with Crippen molar-refractivity contribution in [1.29, 1.82) is 0 Å². The van der Waals surface area contributed by atoms with Crippen LogP contribution in [-0.2, 0) is 0 Å². The Bertz CT molecular complexity index is 306. The summed E-state index contributed by atoms with van der Waals surface area (Å²) in [7, 11) is 0. The van der Waals surface area contributed by atoms with Crippen molar-refractivity contribution in [2.75, 3.05) is 0 Å². The normalized spacial score (nSPS) is 33.4. The molecule has 0 bridgehead atoms. The molecule has 1 nitrogen and oxygen atoms in total. The third-order valence-corrected chi connectivity index (χ3v) is 2.77. The van der Waals surface area contributed by atoms with Crippen LogP contribution in [0, 0.1) is 0 Å². The van der Waals surface area contributed by atoms with E-state index < -0.39 is 0 Å². The molecule has 1 fully saturated rings. The van der Waals surface area contributed by atoms with Crippen LogP contribution in [0.25, 0.3) is 0 Å². The highest BCUT2D eigenvalue weighted by Gasteiger charge is 2.47. The first kappa shape index (κ1) is 8.09. The van der Waals surface area contributed by atoms with Crippen molar-refractivity contribution in [3.63, 3.8) is 0 Å². The molecular formula is C10H12ClN. The molecule has 0 aliphatic heterocycles. The third kappa shape index (κ3) is 1.35. The van der Waals surface area contributed by atoms with Crippen LogP contribution in [0.4, 0.5) is 0 Å². The van der Waals surface area contributed by atoms with E-state index in [-0.39, 0.29) is 5.54 Å². The van der Waals surface area contributed by atoms with Crippen molar-refractivity contribution < 1.29 is 0 Å². The van der Waals surface area contributed by atoms with E-state index in [2.05, 4.69) is 13.0 Å². The summed E-state index contributed by atoms with van der Waals surface area (Å²) in [5, 5.41) is 0.801. The summed E-state index contributed by atoms with van der Waals surface area (Å²) >= 11 is 5.87. The lowest BCUT2D eigenvalue weighted by molar-refractivity contribution is 0.728. The molecule has 0 heterocycles. The lowest BCUT2D eigenvalue weighted by Crippen LogP contribution is -2.18. The number of benzene rings is 1. The van der Waals surface area contributed by atoms with Gasteiger partial charge in [0.15, 0.2) is 0 Å². The lowest BCUT2D eigenvalue weighted by Gasteiger charge is -2.03. The summed E-state index contributed by atoms with van der Waals surface area (Å²) in [6.45, 7) is 2.08. The molecule has 1 aliphatic rings. The van der Waals surface area contributed by atoms with Gasteiger partial charge in [-0.2, -0.15) is 0 Å².